The Kier molecular flexibility index (Phi) is 5.72. The van der Waals surface area contributed by atoms with Gasteiger partial charge in [0.25, 0.3) is 5.91 Å². The molecule has 2 N–H and O–H groups in total. The van der Waals surface area contributed by atoms with Gasteiger partial charge in [0.2, 0.25) is 5.91 Å². The summed E-state index contributed by atoms with van der Waals surface area (Å²) in [6.45, 7) is 1.52. The van der Waals surface area contributed by atoms with Gasteiger partial charge < -0.3 is 10.6 Å². The second-order valence-corrected chi connectivity index (χ2v) is 10.0. The van der Waals surface area contributed by atoms with Gasteiger partial charge in [0.15, 0.2) is 11.5 Å². The van der Waals surface area contributed by atoms with Crippen LogP contribution in [-0.4, -0.2) is 55.4 Å². The zero-order chi connectivity index (χ0) is 22.5. The molecule has 2 fully saturated rings. The van der Waals surface area contributed by atoms with E-state index in [0.717, 1.165) is 0 Å². The molecule has 166 valence electrons. The van der Waals surface area contributed by atoms with E-state index in [1.807, 2.05) is 6.92 Å². The van der Waals surface area contributed by atoms with Gasteiger partial charge in [0.1, 0.15) is 17.0 Å². The van der Waals surface area contributed by atoms with Gasteiger partial charge in [-0.15, -0.1) is 23.2 Å². The number of nitrogens with zero attached hydrogens (tertiary/aromatic N) is 3. The molecule has 2 aliphatic rings. The van der Waals surface area contributed by atoms with E-state index in [1.165, 1.54) is 9.58 Å². The molecule has 1 saturated carbocycles. The molecule has 2 amide bonds. The van der Waals surface area contributed by atoms with Crippen LogP contribution < -0.4 is 5.73 Å². The Hall–Kier alpha value is -2.19. The van der Waals surface area contributed by atoms with Gasteiger partial charge >= 0.3 is 0 Å². The van der Waals surface area contributed by atoms with Crippen LogP contribution in [0, 0.1) is 11.8 Å². The van der Waals surface area contributed by atoms with E-state index in [9.17, 15) is 18.8 Å². The third-order valence-corrected chi connectivity index (χ3v) is 7.07. The summed E-state index contributed by atoms with van der Waals surface area (Å²) in [5, 5.41) is 4.70. The summed E-state index contributed by atoms with van der Waals surface area (Å²) >= 11 is 12.2. The van der Waals surface area contributed by atoms with Crippen molar-refractivity contribution in [1.29, 1.82) is 0 Å². The fourth-order valence-corrected chi connectivity index (χ4v) is 5.22. The van der Waals surface area contributed by atoms with Crippen LogP contribution in [-0.2, 0) is 16.1 Å². The molecule has 1 saturated heterocycles. The Balaban J connectivity index is 1.50. The average Bonchev–Trinajstić information content (AvgIpc) is 3.02. The first-order valence-corrected chi connectivity index (χ1v) is 10.9. The molecule has 31 heavy (non-hydrogen) atoms. The summed E-state index contributed by atoms with van der Waals surface area (Å²) in [5.41, 5.74) is 6.02. The Morgan fingerprint density at radius 3 is 2.65 bits per heavy atom. The predicted molar refractivity (Wildman–Crippen MR) is 115 cm³/mol. The topological polar surface area (TPSA) is 98.3 Å². The highest BCUT2D eigenvalue weighted by atomic mass is 35.5. The molecular weight excluding hydrogens is 446 g/mol. The summed E-state index contributed by atoms with van der Waals surface area (Å²) < 4.78 is 14.8. The molecule has 1 aromatic carbocycles. The van der Waals surface area contributed by atoms with Crippen molar-refractivity contribution in [2.75, 3.05) is 6.54 Å². The van der Waals surface area contributed by atoms with Crippen LogP contribution in [0.5, 0.6) is 0 Å². The van der Waals surface area contributed by atoms with Crippen LogP contribution in [0.2, 0.25) is 0 Å². The van der Waals surface area contributed by atoms with E-state index in [0.29, 0.717) is 17.3 Å². The average molecular weight is 469 g/mol. The molecule has 1 aliphatic heterocycles. The molecule has 7 nitrogen and oxygen atoms in total. The van der Waals surface area contributed by atoms with Crippen molar-refractivity contribution in [3.8, 4) is 0 Å². The van der Waals surface area contributed by atoms with Crippen LogP contribution in [0.3, 0.4) is 0 Å². The normalized spacial score (nSPS) is 25.5. The molecule has 0 spiro atoms. The number of halogens is 3. The van der Waals surface area contributed by atoms with E-state index < -0.39 is 28.4 Å². The molecule has 0 bridgehead atoms. The Labute approximate surface area is 188 Å². The number of ketones is 1. The second-order valence-electron chi connectivity index (χ2n) is 8.50. The number of Topliss-reactive ketones (excluding diaryl/α,β-unsaturated/α-hetero) is 1. The van der Waals surface area contributed by atoms with Gasteiger partial charge in [-0.05, 0) is 24.3 Å². The molecule has 1 aliphatic carbocycles. The Bertz CT molecular complexity index is 1060. The van der Waals surface area contributed by atoms with Crippen molar-refractivity contribution in [1.82, 2.24) is 14.7 Å². The number of para-hydroxylation sites is 1. The predicted octanol–water partition coefficient (Wildman–Crippen LogP) is 2.86. The fraction of sp³-hybridized carbons (Fsp3) is 0.524. The number of likely N-dealkylation sites (tertiary alicyclic amines) is 1. The Morgan fingerprint density at radius 1 is 1.32 bits per heavy atom. The van der Waals surface area contributed by atoms with Gasteiger partial charge in [0, 0.05) is 18.2 Å². The van der Waals surface area contributed by atoms with Gasteiger partial charge in [-0.25, -0.2) is 4.39 Å². The Morgan fingerprint density at radius 2 is 2.00 bits per heavy atom. The second kappa shape index (κ2) is 8.06. The SMILES string of the molecule is C[C@@H](CC(=O)[C@@H]1C[C@@H](F)CN1C(=O)Cn1nc(C(N)=O)c2ccccc21)[C@H]1CC1(Cl)Cl. The summed E-state index contributed by atoms with van der Waals surface area (Å²) in [4.78, 5) is 38.9. The van der Waals surface area contributed by atoms with E-state index in [-0.39, 0.29) is 49.2 Å². The molecule has 4 atom stereocenters. The summed E-state index contributed by atoms with van der Waals surface area (Å²) in [6, 6.07) is 6.07. The molecule has 0 radical (unpaired) electrons. The van der Waals surface area contributed by atoms with E-state index in [1.54, 1.807) is 24.3 Å². The lowest BCUT2D eigenvalue weighted by Crippen LogP contribution is -2.43. The third-order valence-electron chi connectivity index (χ3n) is 6.20. The zero-order valence-corrected chi connectivity index (χ0v) is 18.4. The van der Waals surface area contributed by atoms with E-state index in [2.05, 4.69) is 5.10 Å². The number of fused-ring (bicyclic) bond motifs is 1. The summed E-state index contributed by atoms with van der Waals surface area (Å²) in [5.74, 6) is -1.37. The van der Waals surface area contributed by atoms with Crippen molar-refractivity contribution >= 4 is 51.7 Å². The number of primary amides is 1. The highest BCUT2D eigenvalue weighted by Gasteiger charge is 2.54. The van der Waals surface area contributed by atoms with Crippen molar-refractivity contribution in [3.63, 3.8) is 0 Å². The molecule has 1 aromatic heterocycles. The van der Waals surface area contributed by atoms with Crippen molar-refractivity contribution in [3.05, 3.63) is 30.0 Å². The molecule has 4 rings (SSSR count). The number of rotatable bonds is 7. The zero-order valence-electron chi connectivity index (χ0n) is 16.9. The number of hydrogen-bond acceptors (Lipinski definition) is 4. The van der Waals surface area contributed by atoms with Gasteiger partial charge in [-0.1, -0.05) is 25.1 Å². The monoisotopic (exact) mass is 468 g/mol. The minimum atomic E-state index is -1.27. The molecule has 10 heteroatoms. The first-order valence-electron chi connectivity index (χ1n) is 10.2. The number of carbonyl (C=O) groups is 3. The minimum absolute atomic E-state index is 0.0224. The quantitative estimate of drug-likeness (QED) is 0.631. The molecule has 2 aromatic rings. The van der Waals surface area contributed by atoms with Crippen molar-refractivity contribution < 1.29 is 18.8 Å². The van der Waals surface area contributed by atoms with Gasteiger partial charge in [-0.2, -0.15) is 5.10 Å². The fourth-order valence-electron chi connectivity index (χ4n) is 4.46. The molecule has 0 unspecified atom stereocenters. The number of hydrogen-bond donors (Lipinski definition) is 1. The maximum Gasteiger partial charge on any atom is 0.269 e. The molecular formula is C21H23Cl2FN4O3. The number of alkyl halides is 3. The highest BCUT2D eigenvalue weighted by molar-refractivity contribution is 6.50. The van der Waals surface area contributed by atoms with Crippen molar-refractivity contribution in [2.45, 2.75) is 49.3 Å². The number of carbonyl (C=O) groups excluding carboxylic acids is 3. The summed E-state index contributed by atoms with van der Waals surface area (Å²) in [7, 11) is 0. The van der Waals surface area contributed by atoms with Crippen LogP contribution in [0.1, 0.15) is 36.7 Å². The summed E-state index contributed by atoms with van der Waals surface area (Å²) in [6.07, 6.45) is -0.493. The van der Waals surface area contributed by atoms with Gasteiger partial charge in [0.05, 0.1) is 18.1 Å². The lowest BCUT2D eigenvalue weighted by molar-refractivity contribution is -0.138. The maximum absolute atomic E-state index is 14.2. The van der Waals surface area contributed by atoms with Crippen molar-refractivity contribution in [2.24, 2.45) is 17.6 Å². The first kappa shape index (κ1) is 22.0. The highest BCUT2D eigenvalue weighted by Crippen LogP contribution is 2.57. The molecule has 2 heterocycles. The number of aromatic nitrogens is 2. The van der Waals surface area contributed by atoms with Crippen LogP contribution >= 0.6 is 23.2 Å². The van der Waals surface area contributed by atoms with Gasteiger partial charge in [-0.3, -0.25) is 19.1 Å². The maximum atomic E-state index is 14.2. The first-order chi connectivity index (χ1) is 14.6. The number of nitrogens with two attached hydrogens (primary N) is 1. The number of benzene rings is 1. The lowest BCUT2D eigenvalue weighted by Gasteiger charge is -2.24. The van der Waals surface area contributed by atoms with E-state index in [4.69, 9.17) is 28.9 Å². The lowest BCUT2D eigenvalue weighted by atomic mass is 9.95. The van der Waals surface area contributed by atoms with E-state index >= 15 is 0 Å². The third kappa shape index (κ3) is 4.28. The smallest absolute Gasteiger partial charge is 0.269 e. The minimum Gasteiger partial charge on any atom is -0.364 e. The van der Waals surface area contributed by atoms with Crippen LogP contribution in [0.4, 0.5) is 4.39 Å². The largest absolute Gasteiger partial charge is 0.364 e. The standard InChI is InChI=1S/C21H23Cl2FN4O3/c1-11(14-8-21(14,22)23)6-17(29)16-7-12(24)9-27(16)18(30)10-28-15-5-3-2-4-13(15)19(26-28)20(25)31/h2-5,11-12,14,16H,6-10H2,1H3,(H2,25,31)/t11-,12+,14+,16-/m0/s1. The van der Waals surface area contributed by atoms with Crippen LogP contribution in [0.15, 0.2) is 24.3 Å². The van der Waals surface area contributed by atoms with Crippen LogP contribution in [0.25, 0.3) is 10.9 Å². The number of amides is 2.